The topological polar surface area (TPSA) is 54.9 Å². The molecule has 0 aliphatic heterocycles. The Morgan fingerprint density at radius 2 is 1.76 bits per heavy atom. The number of nitrogens with one attached hydrogen (secondary N) is 1. The second kappa shape index (κ2) is 6.03. The molecule has 0 fully saturated rings. The van der Waals surface area contributed by atoms with Crippen molar-refractivity contribution in [3.05, 3.63) is 65.2 Å². The molecule has 3 aromatic rings. The standard InChI is InChI=1S/C15H10ClN3OS/c16-12-9-5-4-8-11(12)13(20)17-15-18-14(21-19-15)10-6-2-1-3-7-10/h1-9H,(H,17,19,20). The van der Waals surface area contributed by atoms with Crippen LogP contribution in [0.3, 0.4) is 0 Å². The van der Waals surface area contributed by atoms with Gasteiger partial charge in [-0.05, 0) is 23.7 Å². The number of anilines is 1. The zero-order valence-corrected chi connectivity index (χ0v) is 12.4. The predicted octanol–water partition coefficient (Wildman–Crippen LogP) is 4.11. The fourth-order valence-electron chi connectivity index (χ4n) is 1.79. The Bertz CT molecular complexity index is 773. The van der Waals surface area contributed by atoms with E-state index in [9.17, 15) is 4.79 Å². The molecule has 1 amide bonds. The zero-order chi connectivity index (χ0) is 14.7. The molecular formula is C15H10ClN3OS. The van der Waals surface area contributed by atoms with Crippen LogP contribution >= 0.6 is 23.1 Å². The fraction of sp³-hybridized carbons (Fsp3) is 0. The van der Waals surface area contributed by atoms with E-state index < -0.39 is 0 Å². The highest BCUT2D eigenvalue weighted by Gasteiger charge is 2.13. The van der Waals surface area contributed by atoms with Crippen molar-refractivity contribution in [3.8, 4) is 10.6 Å². The summed E-state index contributed by atoms with van der Waals surface area (Å²) in [5, 5.41) is 3.81. The maximum absolute atomic E-state index is 12.1. The summed E-state index contributed by atoms with van der Waals surface area (Å²) in [5.74, 6) is -0.0400. The van der Waals surface area contributed by atoms with E-state index >= 15 is 0 Å². The molecule has 0 saturated heterocycles. The lowest BCUT2D eigenvalue weighted by Crippen LogP contribution is -2.13. The number of aromatic nitrogens is 2. The first kappa shape index (κ1) is 13.7. The number of hydrogen-bond donors (Lipinski definition) is 1. The second-order valence-electron chi connectivity index (χ2n) is 4.22. The van der Waals surface area contributed by atoms with Crippen molar-refractivity contribution in [2.24, 2.45) is 0 Å². The highest BCUT2D eigenvalue weighted by Crippen LogP contribution is 2.23. The van der Waals surface area contributed by atoms with Crippen molar-refractivity contribution >= 4 is 35.0 Å². The monoisotopic (exact) mass is 315 g/mol. The molecule has 0 saturated carbocycles. The van der Waals surface area contributed by atoms with Gasteiger partial charge in [0.1, 0.15) is 5.01 Å². The molecule has 0 aliphatic carbocycles. The van der Waals surface area contributed by atoms with E-state index in [0.717, 1.165) is 10.6 Å². The molecule has 0 radical (unpaired) electrons. The number of carbonyl (C=O) groups excluding carboxylic acids is 1. The van der Waals surface area contributed by atoms with Gasteiger partial charge in [-0.3, -0.25) is 10.1 Å². The van der Waals surface area contributed by atoms with Gasteiger partial charge in [0.2, 0.25) is 5.95 Å². The number of carbonyl (C=O) groups is 1. The zero-order valence-electron chi connectivity index (χ0n) is 10.8. The third-order valence-corrected chi connectivity index (χ3v) is 3.88. The number of rotatable bonds is 3. The first-order chi connectivity index (χ1) is 10.2. The highest BCUT2D eigenvalue weighted by atomic mass is 35.5. The van der Waals surface area contributed by atoms with Crippen molar-refractivity contribution in [1.29, 1.82) is 0 Å². The normalized spacial score (nSPS) is 10.3. The summed E-state index contributed by atoms with van der Waals surface area (Å²) in [7, 11) is 0. The van der Waals surface area contributed by atoms with Gasteiger partial charge in [-0.15, -0.1) is 0 Å². The third-order valence-electron chi connectivity index (χ3n) is 2.79. The second-order valence-corrected chi connectivity index (χ2v) is 5.38. The number of nitrogens with zero attached hydrogens (tertiary/aromatic N) is 2. The molecule has 1 heterocycles. The van der Waals surface area contributed by atoms with Gasteiger partial charge in [0.25, 0.3) is 5.91 Å². The summed E-state index contributed by atoms with van der Waals surface area (Å²) in [5.41, 5.74) is 1.36. The van der Waals surface area contributed by atoms with Gasteiger partial charge in [0.15, 0.2) is 0 Å². The number of amides is 1. The molecule has 4 nitrogen and oxygen atoms in total. The maximum atomic E-state index is 12.1. The van der Waals surface area contributed by atoms with Crippen molar-refractivity contribution < 1.29 is 4.79 Å². The van der Waals surface area contributed by atoms with E-state index in [1.807, 2.05) is 30.3 Å². The van der Waals surface area contributed by atoms with Crippen molar-refractivity contribution in [1.82, 2.24) is 9.36 Å². The van der Waals surface area contributed by atoms with Gasteiger partial charge in [0, 0.05) is 5.56 Å². The van der Waals surface area contributed by atoms with Crippen LogP contribution in [-0.4, -0.2) is 15.3 Å². The maximum Gasteiger partial charge on any atom is 0.259 e. The molecule has 2 aromatic carbocycles. The van der Waals surface area contributed by atoms with E-state index in [0.29, 0.717) is 10.6 Å². The molecule has 1 aromatic heterocycles. The number of hydrogen-bond acceptors (Lipinski definition) is 4. The van der Waals surface area contributed by atoms with Gasteiger partial charge in [-0.2, -0.15) is 9.36 Å². The molecule has 6 heteroatoms. The van der Waals surface area contributed by atoms with E-state index in [-0.39, 0.29) is 11.9 Å². The largest absolute Gasteiger partial charge is 0.290 e. The molecule has 0 bridgehead atoms. The summed E-state index contributed by atoms with van der Waals surface area (Å²) in [4.78, 5) is 16.4. The first-order valence-electron chi connectivity index (χ1n) is 6.19. The molecule has 0 atom stereocenters. The first-order valence-corrected chi connectivity index (χ1v) is 7.34. The Morgan fingerprint density at radius 3 is 2.52 bits per heavy atom. The molecule has 0 aliphatic rings. The molecule has 104 valence electrons. The van der Waals surface area contributed by atoms with Crippen LogP contribution in [0.2, 0.25) is 5.02 Å². The summed E-state index contributed by atoms with van der Waals surface area (Å²) < 4.78 is 4.14. The van der Waals surface area contributed by atoms with Crippen LogP contribution in [0.1, 0.15) is 10.4 Å². The predicted molar refractivity (Wildman–Crippen MR) is 84.8 cm³/mol. The third kappa shape index (κ3) is 3.09. The van der Waals surface area contributed by atoms with Gasteiger partial charge < -0.3 is 0 Å². The minimum Gasteiger partial charge on any atom is -0.290 e. The molecule has 0 spiro atoms. The molecule has 21 heavy (non-hydrogen) atoms. The van der Waals surface area contributed by atoms with Crippen molar-refractivity contribution in [3.63, 3.8) is 0 Å². The van der Waals surface area contributed by atoms with Crippen molar-refractivity contribution in [2.75, 3.05) is 5.32 Å². The highest BCUT2D eigenvalue weighted by molar-refractivity contribution is 7.09. The molecule has 3 rings (SSSR count). The Labute approximate surface area is 130 Å². The lowest BCUT2D eigenvalue weighted by Gasteiger charge is -2.02. The molecular weight excluding hydrogens is 306 g/mol. The van der Waals surface area contributed by atoms with Gasteiger partial charge >= 0.3 is 0 Å². The van der Waals surface area contributed by atoms with E-state index in [1.165, 1.54) is 11.5 Å². The van der Waals surface area contributed by atoms with Gasteiger partial charge in [-0.25, -0.2) is 0 Å². The van der Waals surface area contributed by atoms with E-state index in [4.69, 9.17) is 11.6 Å². The molecule has 0 unspecified atom stereocenters. The van der Waals surface area contributed by atoms with Crippen LogP contribution in [0.25, 0.3) is 10.6 Å². The van der Waals surface area contributed by atoms with Crippen molar-refractivity contribution in [2.45, 2.75) is 0 Å². The minimum atomic E-state index is -0.321. The summed E-state index contributed by atoms with van der Waals surface area (Å²) in [6.07, 6.45) is 0. The van der Waals surface area contributed by atoms with Crippen LogP contribution in [-0.2, 0) is 0 Å². The Morgan fingerprint density at radius 1 is 1.05 bits per heavy atom. The molecule has 1 N–H and O–H groups in total. The van der Waals surface area contributed by atoms with Gasteiger partial charge in [-0.1, -0.05) is 54.1 Å². The van der Waals surface area contributed by atoms with Crippen LogP contribution in [0, 0.1) is 0 Å². The Balaban J connectivity index is 1.79. The van der Waals surface area contributed by atoms with Crippen LogP contribution in [0.5, 0.6) is 0 Å². The smallest absolute Gasteiger partial charge is 0.259 e. The quantitative estimate of drug-likeness (QED) is 0.791. The Kier molecular flexibility index (Phi) is 3.94. The summed E-state index contributed by atoms with van der Waals surface area (Å²) in [6.45, 7) is 0. The minimum absolute atomic E-state index is 0.281. The van der Waals surface area contributed by atoms with E-state index in [1.54, 1.807) is 24.3 Å². The summed E-state index contributed by atoms with van der Waals surface area (Å²) in [6, 6.07) is 16.5. The lowest BCUT2D eigenvalue weighted by atomic mass is 10.2. The Hall–Kier alpha value is -2.24. The van der Waals surface area contributed by atoms with Crippen LogP contribution in [0.15, 0.2) is 54.6 Å². The number of benzene rings is 2. The van der Waals surface area contributed by atoms with E-state index in [2.05, 4.69) is 14.7 Å². The van der Waals surface area contributed by atoms with Gasteiger partial charge in [0.05, 0.1) is 10.6 Å². The fourth-order valence-corrected chi connectivity index (χ4v) is 2.64. The average Bonchev–Trinajstić information content (AvgIpc) is 2.97. The average molecular weight is 316 g/mol. The SMILES string of the molecule is O=C(Nc1nsc(-c2ccccc2)n1)c1ccccc1Cl. The lowest BCUT2D eigenvalue weighted by molar-refractivity contribution is 0.102. The van der Waals surface area contributed by atoms with Crippen LogP contribution in [0.4, 0.5) is 5.95 Å². The number of halogens is 1. The summed E-state index contributed by atoms with van der Waals surface area (Å²) >= 11 is 7.22. The van der Waals surface area contributed by atoms with Crippen LogP contribution < -0.4 is 5.32 Å².